The Labute approximate surface area is 119 Å². The van der Waals surface area contributed by atoms with Crippen molar-refractivity contribution in [1.82, 2.24) is 30.4 Å². The third kappa shape index (κ3) is 5.08. The average Bonchev–Trinajstić information content (AvgIpc) is 2.85. The molecule has 1 aromatic rings. The van der Waals surface area contributed by atoms with Crippen LogP contribution in [0.25, 0.3) is 0 Å². The van der Waals surface area contributed by atoms with Crippen LogP contribution >= 0.6 is 11.8 Å². The predicted molar refractivity (Wildman–Crippen MR) is 78.1 cm³/mol. The van der Waals surface area contributed by atoms with Crippen LogP contribution in [-0.4, -0.2) is 62.8 Å². The first-order valence-corrected chi connectivity index (χ1v) is 8.17. The van der Waals surface area contributed by atoms with Gasteiger partial charge in [-0.1, -0.05) is 13.8 Å². The molecule has 0 atom stereocenters. The summed E-state index contributed by atoms with van der Waals surface area (Å²) in [6.07, 6.45) is 0. The van der Waals surface area contributed by atoms with Crippen LogP contribution in [0.2, 0.25) is 0 Å². The highest BCUT2D eigenvalue weighted by Gasteiger charge is 2.12. The molecule has 7 heteroatoms. The molecule has 0 radical (unpaired) electrons. The number of aromatic nitrogens is 4. The molecule has 0 aromatic carbocycles. The van der Waals surface area contributed by atoms with Gasteiger partial charge in [-0.25, -0.2) is 4.68 Å². The zero-order valence-corrected chi connectivity index (χ0v) is 12.7. The molecule has 0 spiro atoms. The van der Waals surface area contributed by atoms with Gasteiger partial charge >= 0.3 is 0 Å². The molecule has 0 aliphatic carbocycles. The number of nitrogens with zero attached hydrogens (tertiary/aromatic N) is 5. The van der Waals surface area contributed by atoms with Crippen LogP contribution in [0, 0.1) is 5.92 Å². The number of hydrogen-bond donors (Lipinski definition) is 1. The molecular formula is C12H24N6S. The number of tetrazole rings is 1. The van der Waals surface area contributed by atoms with E-state index in [2.05, 4.69) is 39.6 Å². The standard InChI is InChI=1S/C12H24N6S/c1-11(2)9-13-10-12-14-15-16-18(12)4-3-17-5-7-19-8-6-17/h11,13H,3-10H2,1-2H3. The van der Waals surface area contributed by atoms with Gasteiger partial charge in [-0.05, 0) is 22.9 Å². The van der Waals surface area contributed by atoms with Gasteiger partial charge in [0, 0.05) is 31.1 Å². The Hall–Kier alpha value is -0.660. The predicted octanol–water partition coefficient (Wildman–Crippen LogP) is 0.468. The molecular weight excluding hydrogens is 260 g/mol. The summed E-state index contributed by atoms with van der Waals surface area (Å²) in [6.45, 7) is 10.5. The molecule has 1 aliphatic heterocycles. The molecule has 0 unspecified atom stereocenters. The van der Waals surface area contributed by atoms with Crippen LogP contribution in [0.5, 0.6) is 0 Å². The number of hydrogen-bond acceptors (Lipinski definition) is 6. The van der Waals surface area contributed by atoms with Crippen molar-refractivity contribution < 1.29 is 0 Å². The molecule has 0 bridgehead atoms. The topological polar surface area (TPSA) is 58.9 Å². The summed E-state index contributed by atoms with van der Waals surface area (Å²) in [5.41, 5.74) is 0. The van der Waals surface area contributed by atoms with Crippen LogP contribution in [0.4, 0.5) is 0 Å². The maximum absolute atomic E-state index is 4.09. The molecule has 108 valence electrons. The van der Waals surface area contributed by atoms with Crippen molar-refractivity contribution >= 4 is 11.8 Å². The van der Waals surface area contributed by atoms with Gasteiger partial charge in [-0.3, -0.25) is 4.90 Å². The largest absolute Gasteiger partial charge is 0.310 e. The lowest BCUT2D eigenvalue weighted by molar-refractivity contribution is 0.280. The Balaban J connectivity index is 1.75. The molecule has 1 N–H and O–H groups in total. The molecule has 1 fully saturated rings. The fourth-order valence-electron chi connectivity index (χ4n) is 2.06. The number of nitrogens with one attached hydrogen (secondary N) is 1. The second-order valence-corrected chi connectivity index (χ2v) is 6.52. The summed E-state index contributed by atoms with van der Waals surface area (Å²) >= 11 is 2.04. The van der Waals surface area contributed by atoms with E-state index in [-0.39, 0.29) is 0 Å². The lowest BCUT2D eigenvalue weighted by Crippen LogP contribution is -2.35. The molecule has 1 aliphatic rings. The fraction of sp³-hybridized carbons (Fsp3) is 0.917. The Morgan fingerprint density at radius 1 is 1.26 bits per heavy atom. The SMILES string of the molecule is CC(C)CNCc1nnnn1CCN1CCSCC1. The minimum absolute atomic E-state index is 0.648. The first kappa shape index (κ1) is 14.7. The van der Waals surface area contributed by atoms with Crippen molar-refractivity contribution in [2.45, 2.75) is 26.9 Å². The van der Waals surface area contributed by atoms with Gasteiger partial charge in [0.25, 0.3) is 0 Å². The minimum Gasteiger partial charge on any atom is -0.310 e. The minimum atomic E-state index is 0.648. The smallest absolute Gasteiger partial charge is 0.165 e. The number of rotatable bonds is 7. The van der Waals surface area contributed by atoms with Crippen LogP contribution < -0.4 is 5.32 Å². The highest BCUT2D eigenvalue weighted by atomic mass is 32.2. The van der Waals surface area contributed by atoms with Crippen molar-refractivity contribution in [3.63, 3.8) is 0 Å². The van der Waals surface area contributed by atoms with E-state index >= 15 is 0 Å². The van der Waals surface area contributed by atoms with E-state index < -0.39 is 0 Å². The molecule has 2 heterocycles. The summed E-state index contributed by atoms with van der Waals surface area (Å²) in [5.74, 6) is 4.08. The van der Waals surface area contributed by atoms with Crippen LogP contribution in [0.15, 0.2) is 0 Å². The molecule has 19 heavy (non-hydrogen) atoms. The monoisotopic (exact) mass is 284 g/mol. The molecule has 6 nitrogen and oxygen atoms in total. The molecule has 2 rings (SSSR count). The molecule has 0 amide bonds. The van der Waals surface area contributed by atoms with E-state index in [0.717, 1.165) is 32.0 Å². The van der Waals surface area contributed by atoms with Gasteiger partial charge < -0.3 is 5.32 Å². The maximum atomic E-state index is 4.09. The van der Waals surface area contributed by atoms with Crippen molar-refractivity contribution in [3.05, 3.63) is 5.82 Å². The third-order valence-electron chi connectivity index (χ3n) is 3.17. The van der Waals surface area contributed by atoms with E-state index in [4.69, 9.17) is 0 Å². The molecule has 1 aromatic heterocycles. The van der Waals surface area contributed by atoms with Crippen LogP contribution in [-0.2, 0) is 13.1 Å². The van der Waals surface area contributed by atoms with Crippen molar-refractivity contribution in [2.24, 2.45) is 5.92 Å². The summed E-state index contributed by atoms with van der Waals surface area (Å²) in [6, 6.07) is 0. The summed E-state index contributed by atoms with van der Waals surface area (Å²) < 4.78 is 1.93. The van der Waals surface area contributed by atoms with Gasteiger partial charge in [-0.2, -0.15) is 11.8 Å². The van der Waals surface area contributed by atoms with Gasteiger partial charge in [-0.15, -0.1) is 5.10 Å². The van der Waals surface area contributed by atoms with Gasteiger partial charge in [0.15, 0.2) is 5.82 Å². The lowest BCUT2D eigenvalue weighted by atomic mass is 10.2. The third-order valence-corrected chi connectivity index (χ3v) is 4.12. The lowest BCUT2D eigenvalue weighted by Gasteiger charge is -2.25. The van der Waals surface area contributed by atoms with Crippen LogP contribution in [0.3, 0.4) is 0 Å². The van der Waals surface area contributed by atoms with Gasteiger partial charge in [0.1, 0.15) is 0 Å². The van der Waals surface area contributed by atoms with Gasteiger partial charge in [0.05, 0.1) is 13.1 Å². The van der Waals surface area contributed by atoms with E-state index in [1.165, 1.54) is 24.6 Å². The zero-order valence-electron chi connectivity index (χ0n) is 11.9. The number of thioether (sulfide) groups is 1. The molecule has 0 saturated carbocycles. The normalized spacial score (nSPS) is 17.2. The highest BCUT2D eigenvalue weighted by Crippen LogP contribution is 2.08. The van der Waals surface area contributed by atoms with Crippen LogP contribution in [0.1, 0.15) is 19.7 Å². The first-order chi connectivity index (χ1) is 9.25. The second kappa shape index (κ2) is 7.81. The first-order valence-electron chi connectivity index (χ1n) is 7.01. The van der Waals surface area contributed by atoms with Crippen molar-refractivity contribution in [3.8, 4) is 0 Å². The summed E-state index contributed by atoms with van der Waals surface area (Å²) in [7, 11) is 0. The van der Waals surface area contributed by atoms with E-state index in [9.17, 15) is 0 Å². The Morgan fingerprint density at radius 3 is 2.79 bits per heavy atom. The van der Waals surface area contributed by atoms with Crippen molar-refractivity contribution in [2.75, 3.05) is 37.7 Å². The highest BCUT2D eigenvalue weighted by molar-refractivity contribution is 7.99. The van der Waals surface area contributed by atoms with E-state index in [1.54, 1.807) is 0 Å². The average molecular weight is 284 g/mol. The second-order valence-electron chi connectivity index (χ2n) is 5.30. The Kier molecular flexibility index (Phi) is 6.06. The Bertz CT molecular complexity index is 361. The zero-order chi connectivity index (χ0) is 13.5. The van der Waals surface area contributed by atoms with E-state index in [0.29, 0.717) is 5.92 Å². The van der Waals surface area contributed by atoms with Gasteiger partial charge in [0.2, 0.25) is 0 Å². The summed E-state index contributed by atoms with van der Waals surface area (Å²) in [4.78, 5) is 2.49. The summed E-state index contributed by atoms with van der Waals surface area (Å²) in [5, 5.41) is 15.3. The van der Waals surface area contributed by atoms with Crippen molar-refractivity contribution in [1.29, 1.82) is 0 Å². The fourth-order valence-corrected chi connectivity index (χ4v) is 3.04. The maximum Gasteiger partial charge on any atom is 0.165 e. The Morgan fingerprint density at radius 2 is 2.05 bits per heavy atom. The molecule has 1 saturated heterocycles. The quantitative estimate of drug-likeness (QED) is 0.785. The van der Waals surface area contributed by atoms with E-state index in [1.807, 2.05) is 16.4 Å².